The van der Waals surface area contributed by atoms with Gasteiger partial charge >= 0.3 is 0 Å². The lowest BCUT2D eigenvalue weighted by Crippen LogP contribution is -2.66. The fourth-order valence-electron chi connectivity index (χ4n) is 3.51. The summed E-state index contributed by atoms with van der Waals surface area (Å²) in [7, 11) is 0. The zero-order chi connectivity index (χ0) is 17.0. The Bertz CT molecular complexity index is 541. The third kappa shape index (κ3) is 3.95. The van der Waals surface area contributed by atoms with Gasteiger partial charge in [0.1, 0.15) is 5.60 Å². The van der Waals surface area contributed by atoms with E-state index in [0.29, 0.717) is 31.5 Å². The summed E-state index contributed by atoms with van der Waals surface area (Å²) in [4.78, 5) is 18.2. The molecule has 1 unspecified atom stereocenters. The zero-order valence-corrected chi connectivity index (χ0v) is 14.7. The Labute approximate surface area is 144 Å². The molecule has 3 rings (SSSR count). The summed E-state index contributed by atoms with van der Waals surface area (Å²) in [6.45, 7) is 7.84. The van der Waals surface area contributed by atoms with Crippen molar-refractivity contribution < 1.29 is 14.3 Å². The fourth-order valence-corrected chi connectivity index (χ4v) is 3.51. The number of aromatic nitrogens is 1. The maximum atomic E-state index is 12.2. The van der Waals surface area contributed by atoms with Gasteiger partial charge in [0.05, 0.1) is 26.3 Å². The number of hydrogen-bond donors (Lipinski definition) is 0. The van der Waals surface area contributed by atoms with Crippen molar-refractivity contribution in [2.24, 2.45) is 11.8 Å². The Morgan fingerprint density at radius 2 is 2.17 bits per heavy atom. The largest absolute Gasteiger partial charge is 0.376 e. The molecule has 1 spiro atoms. The standard InChI is InChI=1S/C19H28N2O3/c1-15(2)3-4-18(22)21-13-19(14-21)17(7-10-24-19)12-23-11-16-5-8-20-9-6-16/h5-6,8-9,15,17H,3-4,7,10-14H2,1-2H3. The van der Waals surface area contributed by atoms with Gasteiger partial charge in [0.25, 0.3) is 0 Å². The van der Waals surface area contributed by atoms with Gasteiger partial charge in [-0.15, -0.1) is 0 Å². The summed E-state index contributed by atoms with van der Waals surface area (Å²) in [5.74, 6) is 1.22. The van der Waals surface area contributed by atoms with E-state index in [1.165, 1.54) is 0 Å². The summed E-state index contributed by atoms with van der Waals surface area (Å²) in [5, 5.41) is 0. The lowest BCUT2D eigenvalue weighted by molar-refractivity contribution is -0.169. The predicted octanol–water partition coefficient (Wildman–Crippen LogP) is 2.65. The molecule has 1 aromatic heterocycles. The average Bonchev–Trinajstić information content (AvgIpc) is 2.96. The maximum Gasteiger partial charge on any atom is 0.222 e. The highest BCUT2D eigenvalue weighted by molar-refractivity contribution is 5.77. The molecular formula is C19H28N2O3. The summed E-state index contributed by atoms with van der Waals surface area (Å²) in [6, 6.07) is 3.94. The normalized spacial score (nSPS) is 22.1. The lowest BCUT2D eigenvalue weighted by Gasteiger charge is -2.50. The van der Waals surface area contributed by atoms with Gasteiger partial charge in [-0.25, -0.2) is 0 Å². The molecule has 5 nitrogen and oxygen atoms in total. The molecular weight excluding hydrogens is 304 g/mol. The van der Waals surface area contributed by atoms with Crippen LogP contribution in [0, 0.1) is 11.8 Å². The monoisotopic (exact) mass is 332 g/mol. The second-order valence-electron chi connectivity index (χ2n) is 7.45. The van der Waals surface area contributed by atoms with E-state index >= 15 is 0 Å². The van der Waals surface area contributed by atoms with Crippen LogP contribution in [0.3, 0.4) is 0 Å². The van der Waals surface area contributed by atoms with Crippen LogP contribution in [0.25, 0.3) is 0 Å². The highest BCUT2D eigenvalue weighted by atomic mass is 16.5. The summed E-state index contributed by atoms with van der Waals surface area (Å²) in [6.07, 6.45) is 6.19. The minimum Gasteiger partial charge on any atom is -0.376 e. The van der Waals surface area contributed by atoms with Gasteiger partial charge in [-0.3, -0.25) is 9.78 Å². The topological polar surface area (TPSA) is 51.7 Å². The third-order valence-corrected chi connectivity index (χ3v) is 5.14. The van der Waals surface area contributed by atoms with Gasteiger partial charge in [-0.2, -0.15) is 0 Å². The van der Waals surface area contributed by atoms with Crippen molar-refractivity contribution in [1.82, 2.24) is 9.88 Å². The minimum absolute atomic E-state index is 0.161. The number of carbonyl (C=O) groups is 1. The number of carbonyl (C=O) groups excluding carboxylic acids is 1. The van der Waals surface area contributed by atoms with Crippen LogP contribution in [0.1, 0.15) is 38.7 Å². The molecule has 1 amide bonds. The molecule has 2 saturated heterocycles. The number of amides is 1. The van der Waals surface area contributed by atoms with Crippen molar-refractivity contribution >= 4 is 5.91 Å². The van der Waals surface area contributed by atoms with Gasteiger partial charge in [0.15, 0.2) is 0 Å². The number of ether oxygens (including phenoxy) is 2. The van der Waals surface area contributed by atoms with Crippen LogP contribution < -0.4 is 0 Å². The quantitative estimate of drug-likeness (QED) is 0.770. The van der Waals surface area contributed by atoms with Crippen molar-refractivity contribution in [3.8, 4) is 0 Å². The molecule has 2 aliphatic heterocycles. The van der Waals surface area contributed by atoms with Crippen molar-refractivity contribution in [1.29, 1.82) is 0 Å². The molecule has 0 aliphatic carbocycles. The molecule has 1 aromatic rings. The molecule has 24 heavy (non-hydrogen) atoms. The first-order valence-corrected chi connectivity index (χ1v) is 8.97. The van der Waals surface area contributed by atoms with Crippen LogP contribution in [0.2, 0.25) is 0 Å². The van der Waals surface area contributed by atoms with Crippen molar-refractivity contribution in [2.45, 2.75) is 45.3 Å². The SMILES string of the molecule is CC(C)CCC(=O)N1CC2(C1)OCCC2COCc1ccncc1. The van der Waals surface area contributed by atoms with Gasteiger partial charge in [-0.1, -0.05) is 13.8 Å². The van der Waals surface area contributed by atoms with Gasteiger partial charge in [-0.05, 0) is 36.5 Å². The summed E-state index contributed by atoms with van der Waals surface area (Å²) in [5.41, 5.74) is 0.975. The molecule has 0 saturated carbocycles. The Hall–Kier alpha value is -1.46. The van der Waals surface area contributed by atoms with Gasteiger partial charge < -0.3 is 14.4 Å². The van der Waals surface area contributed by atoms with Gasteiger partial charge in [0, 0.05) is 31.3 Å². The molecule has 2 aliphatic rings. The Balaban J connectivity index is 1.44. The second kappa shape index (κ2) is 7.62. The van der Waals surface area contributed by atoms with Crippen molar-refractivity contribution in [3.05, 3.63) is 30.1 Å². The van der Waals surface area contributed by atoms with Gasteiger partial charge in [0.2, 0.25) is 5.91 Å². The van der Waals surface area contributed by atoms with Crippen LogP contribution in [0.15, 0.2) is 24.5 Å². The van der Waals surface area contributed by atoms with Crippen LogP contribution >= 0.6 is 0 Å². The van der Waals surface area contributed by atoms with Crippen LogP contribution in [-0.2, 0) is 20.9 Å². The minimum atomic E-state index is -0.161. The Kier molecular flexibility index (Phi) is 5.51. The lowest BCUT2D eigenvalue weighted by atomic mass is 9.81. The summed E-state index contributed by atoms with van der Waals surface area (Å²) >= 11 is 0. The number of rotatable bonds is 7. The fraction of sp³-hybridized carbons (Fsp3) is 0.684. The number of likely N-dealkylation sites (tertiary alicyclic amines) is 1. The van der Waals surface area contributed by atoms with E-state index in [2.05, 4.69) is 18.8 Å². The molecule has 1 atom stereocenters. The molecule has 3 heterocycles. The van der Waals surface area contributed by atoms with E-state index < -0.39 is 0 Å². The van der Waals surface area contributed by atoms with E-state index in [9.17, 15) is 4.79 Å². The first-order chi connectivity index (χ1) is 11.6. The summed E-state index contributed by atoms with van der Waals surface area (Å²) < 4.78 is 11.9. The smallest absolute Gasteiger partial charge is 0.222 e. The van der Waals surface area contributed by atoms with E-state index in [1.807, 2.05) is 17.0 Å². The van der Waals surface area contributed by atoms with E-state index in [4.69, 9.17) is 9.47 Å². The molecule has 0 bridgehead atoms. The maximum absolute atomic E-state index is 12.2. The Morgan fingerprint density at radius 1 is 1.42 bits per heavy atom. The number of hydrogen-bond acceptors (Lipinski definition) is 4. The first-order valence-electron chi connectivity index (χ1n) is 8.97. The zero-order valence-electron chi connectivity index (χ0n) is 14.7. The highest BCUT2D eigenvalue weighted by Crippen LogP contribution is 2.40. The molecule has 132 valence electrons. The van der Waals surface area contributed by atoms with Crippen LogP contribution in [0.5, 0.6) is 0 Å². The molecule has 5 heteroatoms. The van der Waals surface area contributed by atoms with Crippen LogP contribution in [-0.4, -0.2) is 47.7 Å². The van der Waals surface area contributed by atoms with E-state index in [1.54, 1.807) is 12.4 Å². The third-order valence-electron chi connectivity index (χ3n) is 5.14. The first kappa shape index (κ1) is 17.4. The average molecular weight is 332 g/mol. The van der Waals surface area contributed by atoms with Crippen molar-refractivity contribution in [2.75, 3.05) is 26.3 Å². The molecule has 0 aromatic carbocycles. The predicted molar refractivity (Wildman–Crippen MR) is 91.3 cm³/mol. The number of nitrogens with zero attached hydrogens (tertiary/aromatic N) is 2. The highest BCUT2D eigenvalue weighted by Gasteiger charge is 2.54. The van der Waals surface area contributed by atoms with Crippen LogP contribution in [0.4, 0.5) is 0 Å². The second-order valence-corrected chi connectivity index (χ2v) is 7.45. The number of pyridine rings is 1. The van der Waals surface area contributed by atoms with Crippen molar-refractivity contribution in [3.63, 3.8) is 0 Å². The molecule has 0 N–H and O–H groups in total. The van der Waals surface area contributed by atoms with E-state index in [0.717, 1.165) is 38.1 Å². The Morgan fingerprint density at radius 3 is 2.88 bits per heavy atom. The molecule has 2 fully saturated rings. The van der Waals surface area contributed by atoms with E-state index in [-0.39, 0.29) is 11.5 Å². The molecule has 0 radical (unpaired) electrons.